The van der Waals surface area contributed by atoms with Gasteiger partial charge in [-0.25, -0.2) is 13.8 Å². The van der Waals surface area contributed by atoms with Crippen LogP contribution in [0.3, 0.4) is 0 Å². The lowest BCUT2D eigenvalue weighted by molar-refractivity contribution is -0.121. The fraction of sp³-hybridized carbons (Fsp3) is 0.222. The molecule has 0 heterocycles. The molecular formula is C18H21N3O4S. The van der Waals surface area contributed by atoms with Crippen LogP contribution in [0.2, 0.25) is 0 Å². The van der Waals surface area contributed by atoms with Crippen LogP contribution in [0.1, 0.15) is 12.5 Å². The smallest absolute Gasteiger partial charge is 0.255 e. The lowest BCUT2D eigenvalue weighted by Gasteiger charge is -2.15. The molecule has 0 unspecified atom stereocenters. The van der Waals surface area contributed by atoms with Gasteiger partial charge in [0.1, 0.15) is 5.75 Å². The monoisotopic (exact) mass is 375 g/mol. The summed E-state index contributed by atoms with van der Waals surface area (Å²) in [6.45, 7) is 2.15. The van der Waals surface area contributed by atoms with Crippen LogP contribution in [-0.4, -0.2) is 45.0 Å². The number of benzene rings is 2. The molecule has 0 aliphatic rings. The Labute approximate surface area is 153 Å². The van der Waals surface area contributed by atoms with Crippen LogP contribution in [0, 0.1) is 0 Å². The summed E-state index contributed by atoms with van der Waals surface area (Å²) < 4.78 is 31.0. The van der Waals surface area contributed by atoms with Gasteiger partial charge in [0.25, 0.3) is 5.91 Å². The van der Waals surface area contributed by atoms with E-state index < -0.39 is 15.9 Å². The van der Waals surface area contributed by atoms with E-state index in [0.29, 0.717) is 6.61 Å². The zero-order valence-corrected chi connectivity index (χ0v) is 15.4. The number of sulfonamides is 1. The largest absolute Gasteiger partial charge is 0.494 e. The quantitative estimate of drug-likeness (QED) is 0.563. The molecule has 7 nitrogen and oxygen atoms in total. The van der Waals surface area contributed by atoms with Gasteiger partial charge in [-0.2, -0.15) is 9.41 Å². The molecule has 1 amide bonds. The Kier molecular flexibility index (Phi) is 6.88. The molecule has 0 aliphatic carbocycles. The number of likely N-dealkylation sites (N-methyl/N-ethyl adjacent to an activating group) is 1. The molecule has 0 aromatic heterocycles. The maximum Gasteiger partial charge on any atom is 0.255 e. The van der Waals surface area contributed by atoms with Crippen LogP contribution in [0.25, 0.3) is 0 Å². The summed E-state index contributed by atoms with van der Waals surface area (Å²) >= 11 is 0. The minimum absolute atomic E-state index is 0.133. The number of nitrogens with zero attached hydrogens (tertiary/aromatic N) is 2. The molecule has 8 heteroatoms. The third kappa shape index (κ3) is 5.40. The van der Waals surface area contributed by atoms with E-state index in [2.05, 4.69) is 10.5 Å². The molecule has 2 rings (SSSR count). The highest BCUT2D eigenvalue weighted by Crippen LogP contribution is 2.13. The highest BCUT2D eigenvalue weighted by Gasteiger charge is 2.22. The van der Waals surface area contributed by atoms with Crippen LogP contribution in [0.15, 0.2) is 64.6 Å². The van der Waals surface area contributed by atoms with E-state index in [4.69, 9.17) is 4.74 Å². The van der Waals surface area contributed by atoms with E-state index in [1.807, 2.05) is 6.92 Å². The second-order valence-corrected chi connectivity index (χ2v) is 7.41. The van der Waals surface area contributed by atoms with Gasteiger partial charge in [-0.15, -0.1) is 0 Å². The van der Waals surface area contributed by atoms with Crippen LogP contribution < -0.4 is 10.2 Å². The molecule has 2 aromatic rings. The predicted octanol–water partition coefficient (Wildman–Crippen LogP) is 1.86. The Hall–Kier alpha value is -2.71. The van der Waals surface area contributed by atoms with Crippen molar-refractivity contribution < 1.29 is 17.9 Å². The van der Waals surface area contributed by atoms with Gasteiger partial charge in [0.2, 0.25) is 10.0 Å². The fourth-order valence-electron chi connectivity index (χ4n) is 2.09. The number of nitrogens with one attached hydrogen (secondary N) is 1. The van der Waals surface area contributed by atoms with Crippen LogP contribution >= 0.6 is 0 Å². The zero-order chi connectivity index (χ0) is 19.0. The molecule has 1 N–H and O–H groups in total. The van der Waals surface area contributed by atoms with Crippen LogP contribution in [-0.2, 0) is 14.8 Å². The van der Waals surface area contributed by atoms with Gasteiger partial charge in [0, 0.05) is 7.05 Å². The van der Waals surface area contributed by atoms with E-state index >= 15 is 0 Å². The Morgan fingerprint density at radius 2 is 1.81 bits per heavy atom. The van der Waals surface area contributed by atoms with Crippen molar-refractivity contribution in [1.82, 2.24) is 9.73 Å². The SMILES string of the molecule is CCOc1ccc(/C=N\NC(=O)CN(C)S(=O)(=O)c2ccccc2)cc1. The highest BCUT2D eigenvalue weighted by molar-refractivity contribution is 7.89. The lowest BCUT2D eigenvalue weighted by Crippen LogP contribution is -2.36. The minimum atomic E-state index is -3.71. The maximum absolute atomic E-state index is 12.3. The van der Waals surface area contributed by atoms with Crippen LogP contribution in [0.5, 0.6) is 5.75 Å². The summed E-state index contributed by atoms with van der Waals surface area (Å²) in [6, 6.07) is 15.1. The molecule has 2 aromatic carbocycles. The standard InChI is InChI=1S/C18H21N3O4S/c1-3-25-16-11-9-15(10-12-16)13-19-20-18(22)14-21(2)26(23,24)17-7-5-4-6-8-17/h4-13H,3,14H2,1-2H3,(H,20,22)/b19-13-. The minimum Gasteiger partial charge on any atom is -0.494 e. The van der Waals surface area contributed by atoms with E-state index in [0.717, 1.165) is 15.6 Å². The molecular weight excluding hydrogens is 354 g/mol. The predicted molar refractivity (Wildman–Crippen MR) is 99.6 cm³/mol. The van der Waals surface area contributed by atoms with E-state index in [9.17, 15) is 13.2 Å². The van der Waals surface area contributed by atoms with Crippen molar-refractivity contribution in [2.75, 3.05) is 20.2 Å². The van der Waals surface area contributed by atoms with Gasteiger partial charge in [0.15, 0.2) is 0 Å². The number of hydrazone groups is 1. The zero-order valence-electron chi connectivity index (χ0n) is 14.6. The summed E-state index contributed by atoms with van der Waals surface area (Å²) in [4.78, 5) is 12.0. The normalized spacial score (nSPS) is 11.7. The Morgan fingerprint density at radius 1 is 1.15 bits per heavy atom. The molecule has 26 heavy (non-hydrogen) atoms. The number of rotatable bonds is 8. The van der Waals surface area contributed by atoms with Crippen molar-refractivity contribution in [3.8, 4) is 5.75 Å². The first-order chi connectivity index (χ1) is 12.4. The second kappa shape index (κ2) is 9.12. The number of hydrogen-bond donors (Lipinski definition) is 1. The van der Waals surface area contributed by atoms with Gasteiger partial charge in [-0.1, -0.05) is 18.2 Å². The van der Waals surface area contributed by atoms with E-state index in [-0.39, 0.29) is 11.4 Å². The van der Waals surface area contributed by atoms with Crippen molar-refractivity contribution in [2.45, 2.75) is 11.8 Å². The van der Waals surface area contributed by atoms with Crippen molar-refractivity contribution in [3.63, 3.8) is 0 Å². The number of amides is 1. The van der Waals surface area contributed by atoms with Gasteiger partial charge < -0.3 is 4.74 Å². The average molecular weight is 375 g/mol. The van der Waals surface area contributed by atoms with Crippen molar-refractivity contribution in [1.29, 1.82) is 0 Å². The molecule has 0 fully saturated rings. The molecule has 0 atom stereocenters. The molecule has 138 valence electrons. The molecule has 0 saturated heterocycles. The summed E-state index contributed by atoms with van der Waals surface area (Å²) in [7, 11) is -2.37. The van der Waals surface area contributed by atoms with E-state index in [1.165, 1.54) is 25.4 Å². The topological polar surface area (TPSA) is 88.1 Å². The molecule has 0 bridgehead atoms. The summed E-state index contributed by atoms with van der Waals surface area (Å²) in [5.74, 6) is 0.218. The highest BCUT2D eigenvalue weighted by atomic mass is 32.2. The van der Waals surface area contributed by atoms with Gasteiger partial charge >= 0.3 is 0 Å². The number of carbonyl (C=O) groups is 1. The molecule has 0 radical (unpaired) electrons. The third-order valence-corrected chi connectivity index (χ3v) is 5.23. The van der Waals surface area contributed by atoms with Crippen molar-refractivity contribution in [3.05, 3.63) is 60.2 Å². The Morgan fingerprint density at radius 3 is 2.42 bits per heavy atom. The average Bonchev–Trinajstić information content (AvgIpc) is 2.64. The second-order valence-electron chi connectivity index (χ2n) is 5.37. The van der Waals surface area contributed by atoms with Gasteiger partial charge in [-0.3, -0.25) is 4.79 Å². The van der Waals surface area contributed by atoms with Crippen LogP contribution in [0.4, 0.5) is 0 Å². The number of carbonyl (C=O) groups excluding carboxylic acids is 1. The summed E-state index contributed by atoms with van der Waals surface area (Å²) in [5, 5.41) is 3.84. The summed E-state index contributed by atoms with van der Waals surface area (Å²) in [5.41, 5.74) is 3.10. The number of hydrogen-bond acceptors (Lipinski definition) is 5. The van der Waals surface area contributed by atoms with E-state index in [1.54, 1.807) is 42.5 Å². The van der Waals surface area contributed by atoms with Gasteiger partial charge in [0.05, 0.1) is 24.3 Å². The maximum atomic E-state index is 12.3. The lowest BCUT2D eigenvalue weighted by atomic mass is 10.2. The first kappa shape index (κ1) is 19.6. The van der Waals surface area contributed by atoms with Crippen molar-refractivity contribution >= 4 is 22.1 Å². The first-order valence-electron chi connectivity index (χ1n) is 7.99. The molecule has 0 saturated carbocycles. The molecule has 0 spiro atoms. The Bertz CT molecular complexity index is 850. The third-order valence-electron chi connectivity index (χ3n) is 3.41. The fourth-order valence-corrected chi connectivity index (χ4v) is 3.24. The van der Waals surface area contributed by atoms with Gasteiger partial charge in [-0.05, 0) is 48.9 Å². The number of ether oxygens (including phenoxy) is 1. The van der Waals surface area contributed by atoms with Crippen molar-refractivity contribution in [2.24, 2.45) is 5.10 Å². The Balaban J connectivity index is 1.90. The molecule has 0 aliphatic heterocycles. The first-order valence-corrected chi connectivity index (χ1v) is 9.43. The summed E-state index contributed by atoms with van der Waals surface area (Å²) in [6.07, 6.45) is 1.47.